The van der Waals surface area contributed by atoms with Crippen LogP contribution in [0.3, 0.4) is 0 Å². The van der Waals surface area contributed by atoms with Gasteiger partial charge in [0, 0.05) is 48.5 Å². The van der Waals surface area contributed by atoms with Gasteiger partial charge in [0.2, 0.25) is 15.7 Å². The number of carbonyl (C=O) groups is 2. The molecule has 2 fully saturated rings. The van der Waals surface area contributed by atoms with Gasteiger partial charge in [-0.1, -0.05) is 30.9 Å². The fourth-order valence-electron chi connectivity index (χ4n) is 5.61. The second-order valence-corrected chi connectivity index (χ2v) is 13.7. The number of carboxylic acid groups (broad SMARTS) is 1. The first-order chi connectivity index (χ1) is 19.1. The third-order valence-corrected chi connectivity index (χ3v) is 11.2. The Morgan fingerprint density at radius 1 is 1.23 bits per heavy atom. The van der Waals surface area contributed by atoms with Gasteiger partial charge in [-0.05, 0) is 60.7 Å². The number of allylic oxidation sites excluding steroid dienone is 1. The fourth-order valence-corrected chi connectivity index (χ4v) is 8.23. The predicted molar refractivity (Wildman–Crippen MR) is 155 cm³/mol. The average Bonchev–Trinajstić information content (AvgIpc) is 3.69. The number of aromatic nitrogens is 2. The van der Waals surface area contributed by atoms with E-state index < -0.39 is 27.8 Å². The highest BCUT2D eigenvalue weighted by molar-refractivity contribution is 7.97. The van der Waals surface area contributed by atoms with Crippen LogP contribution in [0.1, 0.15) is 43.7 Å². The number of carboxylic acids is 1. The molecule has 5 rings (SSSR count). The molecule has 2 atom stereocenters. The quantitative estimate of drug-likeness (QED) is 0.365. The third kappa shape index (κ3) is 5.29. The Morgan fingerprint density at radius 3 is 2.67 bits per heavy atom. The van der Waals surface area contributed by atoms with E-state index in [1.165, 1.54) is 11.1 Å². The smallest absolute Gasteiger partial charge is 0.326 e. The van der Waals surface area contributed by atoms with Crippen LogP contribution in [0.25, 0.3) is 10.8 Å². The minimum atomic E-state index is -3.86. The lowest BCUT2D eigenvalue weighted by molar-refractivity contribution is -0.149. The third-order valence-electron chi connectivity index (χ3n) is 7.89. The van der Waals surface area contributed by atoms with Crippen molar-refractivity contribution in [3.8, 4) is 0 Å². The molecular formula is C28H33N5O5S2. The number of amides is 1. The number of carbonyl (C=O) groups excluding carboxylic acids is 1. The normalized spacial score (nSPS) is 18.5. The molecular weight excluding hydrogens is 550 g/mol. The molecule has 12 heteroatoms. The Labute approximate surface area is 237 Å². The number of aliphatic carboxylic acids is 1. The molecule has 1 aromatic carbocycles. The first-order valence-electron chi connectivity index (χ1n) is 13.4. The number of hydrogen-bond acceptors (Lipinski definition) is 9. The van der Waals surface area contributed by atoms with Crippen molar-refractivity contribution in [3.63, 3.8) is 0 Å². The van der Waals surface area contributed by atoms with Crippen LogP contribution in [0.2, 0.25) is 0 Å². The number of likely N-dealkylation sites (tertiary alicyclic amines) is 1. The minimum absolute atomic E-state index is 0.0507. The number of benzene rings is 1. The molecule has 212 valence electrons. The van der Waals surface area contributed by atoms with Crippen LogP contribution < -0.4 is 10.6 Å². The summed E-state index contributed by atoms with van der Waals surface area (Å²) in [6.07, 6.45) is 6.18. The fraction of sp³-hybridized carbons (Fsp3) is 0.429. The highest BCUT2D eigenvalue weighted by Gasteiger charge is 2.40. The Balaban J connectivity index is 1.31. The predicted octanol–water partition coefficient (Wildman–Crippen LogP) is 3.66. The van der Waals surface area contributed by atoms with Crippen molar-refractivity contribution in [1.82, 2.24) is 14.9 Å². The maximum atomic E-state index is 13.4. The minimum Gasteiger partial charge on any atom is -0.480 e. The molecule has 2 aliphatic rings. The summed E-state index contributed by atoms with van der Waals surface area (Å²) in [5.74, 6) is -1.70. The topological polar surface area (TPSA) is 147 Å². The lowest BCUT2D eigenvalue weighted by atomic mass is 9.94. The molecule has 2 aromatic heterocycles. The highest BCUT2D eigenvalue weighted by Crippen LogP contribution is 2.35. The molecule has 0 spiro atoms. The maximum Gasteiger partial charge on any atom is 0.326 e. The Bertz CT molecular complexity index is 1580. The van der Waals surface area contributed by atoms with E-state index in [9.17, 15) is 23.1 Å². The van der Waals surface area contributed by atoms with Crippen molar-refractivity contribution in [2.45, 2.75) is 55.7 Å². The van der Waals surface area contributed by atoms with Gasteiger partial charge in [-0.15, -0.1) is 0 Å². The number of thiazole rings is 1. The Kier molecular flexibility index (Phi) is 7.83. The molecule has 1 amide bonds. The summed E-state index contributed by atoms with van der Waals surface area (Å²) in [5.41, 5.74) is 7.81. The van der Waals surface area contributed by atoms with Gasteiger partial charge in [0.15, 0.2) is 5.13 Å². The van der Waals surface area contributed by atoms with Crippen molar-refractivity contribution in [1.29, 1.82) is 0 Å². The van der Waals surface area contributed by atoms with E-state index in [-0.39, 0.29) is 34.4 Å². The summed E-state index contributed by atoms with van der Waals surface area (Å²) in [6, 6.07) is 4.60. The van der Waals surface area contributed by atoms with Crippen LogP contribution in [0, 0.1) is 5.92 Å². The Morgan fingerprint density at radius 2 is 1.98 bits per heavy atom. The molecule has 3 N–H and O–H groups in total. The Hall–Kier alpha value is -3.51. The first-order valence-corrected chi connectivity index (χ1v) is 15.7. The zero-order valence-electron chi connectivity index (χ0n) is 22.4. The number of nitrogens with two attached hydrogens (primary N) is 1. The van der Waals surface area contributed by atoms with Gasteiger partial charge in [0.05, 0.1) is 6.20 Å². The van der Waals surface area contributed by atoms with Crippen molar-refractivity contribution in [3.05, 3.63) is 53.2 Å². The summed E-state index contributed by atoms with van der Waals surface area (Å²) >= 11 is 1.12. The molecule has 0 saturated carbocycles. The van der Waals surface area contributed by atoms with Crippen molar-refractivity contribution in [2.75, 3.05) is 30.3 Å². The number of nitrogen functional groups attached to an aromatic ring is 1. The van der Waals surface area contributed by atoms with Gasteiger partial charge in [0.25, 0.3) is 0 Å². The molecule has 40 heavy (non-hydrogen) atoms. The molecule has 0 radical (unpaired) electrons. The van der Waals surface area contributed by atoms with Crippen molar-refractivity contribution < 1.29 is 23.1 Å². The second kappa shape index (κ2) is 11.2. The number of rotatable bonds is 10. The monoisotopic (exact) mass is 583 g/mol. The van der Waals surface area contributed by atoms with E-state index in [1.54, 1.807) is 6.20 Å². The SMILES string of the molecule is C=C(C[C@H]1CCN([C@H](Cc2cc3ccnc(N)c3cc2CC)C(=O)O)C1=O)S(=O)(=O)c1cnc(N2CCCC2)s1. The van der Waals surface area contributed by atoms with Gasteiger partial charge >= 0.3 is 5.97 Å². The zero-order chi connectivity index (χ0) is 28.6. The summed E-state index contributed by atoms with van der Waals surface area (Å²) in [4.78, 5) is 37.6. The summed E-state index contributed by atoms with van der Waals surface area (Å²) in [5, 5.41) is 12.5. The van der Waals surface area contributed by atoms with Gasteiger partial charge < -0.3 is 20.6 Å². The van der Waals surface area contributed by atoms with Crippen molar-refractivity contribution in [2.24, 2.45) is 5.92 Å². The molecule has 2 aliphatic heterocycles. The van der Waals surface area contributed by atoms with Crippen LogP contribution in [0.15, 0.2) is 46.3 Å². The van der Waals surface area contributed by atoms with Crippen LogP contribution in [-0.4, -0.2) is 65.9 Å². The molecule has 3 aromatic rings. The first kappa shape index (κ1) is 28.0. The molecule has 10 nitrogen and oxygen atoms in total. The summed E-state index contributed by atoms with van der Waals surface area (Å²) in [7, 11) is -3.86. The number of hydrogen-bond donors (Lipinski definition) is 2. The standard InChI is InChI=1S/C28H33N5O5S2/c1-3-18-14-22-19(6-8-30-25(22)29)13-21(18)15-23(27(35)36)33-11-7-20(26(33)34)12-17(2)40(37,38)24-16-31-28(39-24)32-9-4-5-10-32/h6,8,13-14,16,20,23H,2-5,7,9-12,15H2,1H3,(H2,29,30)(H,35,36)/t20-,23-/m1/s1. The van der Waals surface area contributed by atoms with E-state index in [0.717, 1.165) is 59.2 Å². The summed E-state index contributed by atoms with van der Waals surface area (Å²) in [6.45, 7) is 7.74. The number of anilines is 2. The van der Waals surface area contributed by atoms with Gasteiger partial charge in [-0.3, -0.25) is 4.79 Å². The number of nitrogens with zero attached hydrogens (tertiary/aromatic N) is 4. The lowest BCUT2D eigenvalue weighted by Gasteiger charge is -2.26. The molecule has 4 heterocycles. The molecule has 0 bridgehead atoms. The number of sulfone groups is 1. The van der Waals surface area contributed by atoms with E-state index >= 15 is 0 Å². The van der Waals surface area contributed by atoms with Gasteiger partial charge in [0.1, 0.15) is 16.1 Å². The van der Waals surface area contributed by atoms with Crippen molar-refractivity contribution >= 4 is 54.8 Å². The maximum absolute atomic E-state index is 13.4. The van der Waals surface area contributed by atoms with E-state index in [0.29, 0.717) is 23.8 Å². The number of pyridine rings is 1. The lowest BCUT2D eigenvalue weighted by Crippen LogP contribution is -2.44. The van der Waals surface area contributed by atoms with Gasteiger partial charge in [-0.25, -0.2) is 23.2 Å². The average molecular weight is 584 g/mol. The van der Waals surface area contributed by atoms with E-state index in [4.69, 9.17) is 5.73 Å². The van der Waals surface area contributed by atoms with E-state index in [1.807, 2.05) is 25.1 Å². The molecule has 0 unspecified atom stereocenters. The second-order valence-electron chi connectivity index (χ2n) is 10.4. The number of fused-ring (bicyclic) bond motifs is 1. The van der Waals surface area contributed by atoms with Crippen LogP contribution >= 0.6 is 11.3 Å². The number of aryl methyl sites for hydroxylation is 1. The largest absolute Gasteiger partial charge is 0.480 e. The van der Waals surface area contributed by atoms with Crippen LogP contribution in [-0.2, 0) is 32.3 Å². The van der Waals surface area contributed by atoms with E-state index in [2.05, 4.69) is 21.4 Å². The summed E-state index contributed by atoms with van der Waals surface area (Å²) < 4.78 is 26.6. The van der Waals surface area contributed by atoms with Crippen LogP contribution in [0.5, 0.6) is 0 Å². The highest BCUT2D eigenvalue weighted by atomic mass is 32.2. The van der Waals surface area contributed by atoms with Crippen LogP contribution in [0.4, 0.5) is 10.9 Å². The molecule has 0 aliphatic carbocycles. The van der Waals surface area contributed by atoms with Gasteiger partial charge in [-0.2, -0.15) is 0 Å². The zero-order valence-corrected chi connectivity index (χ0v) is 24.0. The molecule has 2 saturated heterocycles.